The molecule has 4 aromatic carbocycles. The number of aromatic nitrogens is 1. The van der Waals surface area contributed by atoms with Gasteiger partial charge in [0.2, 0.25) is 5.89 Å². The molecular formula is C29H24BrN3O2S. The normalized spacial score (nSPS) is 12.0. The molecule has 36 heavy (non-hydrogen) atoms. The number of oxazole rings is 1. The number of nitrogens with zero attached hydrogens (tertiary/aromatic N) is 1. The fraction of sp³-hybridized carbons (Fsp3) is 0.138. The molecule has 5 aromatic rings. The van der Waals surface area contributed by atoms with Crippen molar-refractivity contribution in [2.75, 3.05) is 5.32 Å². The first-order valence-electron chi connectivity index (χ1n) is 11.7. The number of rotatable bonds is 5. The molecule has 0 saturated carbocycles. The van der Waals surface area contributed by atoms with Crippen LogP contribution in [0.5, 0.6) is 0 Å². The monoisotopic (exact) mass is 557 g/mol. The first kappa shape index (κ1) is 24.2. The lowest BCUT2D eigenvalue weighted by atomic mass is 9.98. The van der Waals surface area contributed by atoms with Gasteiger partial charge >= 0.3 is 0 Å². The lowest BCUT2D eigenvalue weighted by molar-refractivity contribution is 0.0979. The van der Waals surface area contributed by atoms with Gasteiger partial charge in [0.15, 0.2) is 10.7 Å². The summed E-state index contributed by atoms with van der Waals surface area (Å²) < 4.78 is 6.91. The van der Waals surface area contributed by atoms with Gasteiger partial charge in [-0.05, 0) is 89.4 Å². The van der Waals surface area contributed by atoms with Gasteiger partial charge in [-0.3, -0.25) is 10.1 Å². The summed E-state index contributed by atoms with van der Waals surface area (Å²) in [5.41, 5.74) is 5.05. The van der Waals surface area contributed by atoms with Gasteiger partial charge in [-0.1, -0.05) is 60.1 Å². The zero-order valence-corrected chi connectivity index (χ0v) is 22.2. The molecule has 0 saturated heterocycles. The minimum absolute atomic E-state index is 0.221. The van der Waals surface area contributed by atoms with E-state index in [1.165, 1.54) is 5.56 Å². The molecule has 0 fully saturated rings. The maximum Gasteiger partial charge on any atom is 0.258 e. The number of benzene rings is 4. The second kappa shape index (κ2) is 10.2. The van der Waals surface area contributed by atoms with Crippen LogP contribution in [0.3, 0.4) is 0 Å². The highest BCUT2D eigenvalue weighted by Gasteiger charge is 2.14. The Morgan fingerprint density at radius 3 is 2.56 bits per heavy atom. The predicted molar refractivity (Wildman–Crippen MR) is 153 cm³/mol. The van der Waals surface area contributed by atoms with Crippen molar-refractivity contribution in [2.24, 2.45) is 0 Å². The van der Waals surface area contributed by atoms with Crippen molar-refractivity contribution in [3.63, 3.8) is 0 Å². The maximum atomic E-state index is 12.9. The van der Waals surface area contributed by atoms with Crippen molar-refractivity contribution in [2.45, 2.75) is 26.2 Å². The number of hydrogen-bond acceptors (Lipinski definition) is 4. The molecular weight excluding hydrogens is 534 g/mol. The molecule has 5 rings (SSSR count). The Labute approximate surface area is 223 Å². The van der Waals surface area contributed by atoms with Gasteiger partial charge in [-0.15, -0.1) is 0 Å². The molecule has 0 bridgehead atoms. The van der Waals surface area contributed by atoms with Crippen molar-refractivity contribution in [1.82, 2.24) is 10.3 Å². The number of hydrogen-bond donors (Lipinski definition) is 2. The van der Waals surface area contributed by atoms with Crippen LogP contribution in [0.1, 0.15) is 42.1 Å². The van der Waals surface area contributed by atoms with E-state index >= 15 is 0 Å². The highest BCUT2D eigenvalue weighted by atomic mass is 79.9. The summed E-state index contributed by atoms with van der Waals surface area (Å²) in [6, 6.07) is 25.1. The standard InChI is InChI=1S/C29H24BrN3O2S/c1-3-17(2)19-12-15-26-25(16-19)32-28(35-26)18-10-13-20(14-11-18)31-29(36)33-27(34)23-8-4-7-22-21(23)6-5-9-24(22)30/h4-17H,3H2,1-2H3,(H2,31,33,34,36)/t17-/m0/s1. The van der Waals surface area contributed by atoms with E-state index in [-0.39, 0.29) is 11.0 Å². The first-order chi connectivity index (χ1) is 17.4. The molecule has 0 aliphatic carbocycles. The van der Waals surface area contributed by atoms with Gasteiger partial charge in [0.05, 0.1) is 0 Å². The number of amides is 1. The topological polar surface area (TPSA) is 67.2 Å². The third kappa shape index (κ3) is 4.90. The number of thiocarbonyl (C=S) groups is 1. The van der Waals surface area contributed by atoms with E-state index in [0.29, 0.717) is 17.4 Å². The Balaban J connectivity index is 1.28. The average Bonchev–Trinajstić information content (AvgIpc) is 3.32. The van der Waals surface area contributed by atoms with E-state index in [1.807, 2.05) is 60.7 Å². The molecule has 180 valence electrons. The highest BCUT2D eigenvalue weighted by molar-refractivity contribution is 9.10. The molecule has 1 aromatic heterocycles. The van der Waals surface area contributed by atoms with Crippen LogP contribution in [0.2, 0.25) is 0 Å². The Bertz CT molecular complexity index is 1590. The number of carbonyl (C=O) groups is 1. The van der Waals surface area contributed by atoms with E-state index in [9.17, 15) is 4.79 Å². The average molecular weight is 559 g/mol. The fourth-order valence-electron chi connectivity index (χ4n) is 4.11. The predicted octanol–water partition coefficient (Wildman–Crippen LogP) is 8.05. The van der Waals surface area contributed by atoms with Crippen LogP contribution in [0.25, 0.3) is 33.3 Å². The first-order valence-corrected chi connectivity index (χ1v) is 12.9. The summed E-state index contributed by atoms with van der Waals surface area (Å²) in [6.07, 6.45) is 1.08. The minimum Gasteiger partial charge on any atom is -0.436 e. The van der Waals surface area contributed by atoms with Crippen molar-refractivity contribution >= 4 is 66.7 Å². The third-order valence-electron chi connectivity index (χ3n) is 6.32. The highest BCUT2D eigenvalue weighted by Crippen LogP contribution is 2.29. The molecule has 0 spiro atoms. The molecule has 0 unspecified atom stereocenters. The van der Waals surface area contributed by atoms with Crippen molar-refractivity contribution < 1.29 is 9.21 Å². The van der Waals surface area contributed by atoms with Crippen LogP contribution in [-0.4, -0.2) is 16.0 Å². The van der Waals surface area contributed by atoms with Gasteiger partial charge in [0.1, 0.15) is 5.52 Å². The lowest BCUT2D eigenvalue weighted by Crippen LogP contribution is -2.34. The minimum atomic E-state index is -0.268. The number of anilines is 1. The van der Waals surface area contributed by atoms with E-state index in [0.717, 1.165) is 44.0 Å². The quantitative estimate of drug-likeness (QED) is 0.214. The van der Waals surface area contributed by atoms with Crippen LogP contribution in [0.4, 0.5) is 5.69 Å². The molecule has 0 aliphatic rings. The molecule has 7 heteroatoms. The smallest absolute Gasteiger partial charge is 0.258 e. The van der Waals surface area contributed by atoms with E-state index in [1.54, 1.807) is 6.07 Å². The lowest BCUT2D eigenvalue weighted by Gasteiger charge is -2.11. The zero-order valence-electron chi connectivity index (χ0n) is 19.8. The summed E-state index contributed by atoms with van der Waals surface area (Å²) in [7, 11) is 0. The van der Waals surface area contributed by atoms with Gasteiger partial charge in [0, 0.05) is 21.3 Å². The Hall–Kier alpha value is -3.55. The van der Waals surface area contributed by atoms with E-state index in [4.69, 9.17) is 16.6 Å². The molecule has 2 N–H and O–H groups in total. The van der Waals surface area contributed by atoms with Crippen LogP contribution in [-0.2, 0) is 0 Å². The molecule has 1 amide bonds. The van der Waals surface area contributed by atoms with Gasteiger partial charge in [0.25, 0.3) is 5.91 Å². The molecule has 1 heterocycles. The van der Waals surface area contributed by atoms with Crippen molar-refractivity contribution in [3.05, 3.63) is 94.5 Å². The summed E-state index contributed by atoms with van der Waals surface area (Å²) in [5.74, 6) is 0.777. The van der Waals surface area contributed by atoms with E-state index in [2.05, 4.69) is 57.5 Å². The van der Waals surface area contributed by atoms with Gasteiger partial charge in [-0.2, -0.15) is 0 Å². The summed E-state index contributed by atoms with van der Waals surface area (Å²) >= 11 is 8.93. The van der Waals surface area contributed by atoms with Crippen molar-refractivity contribution in [3.8, 4) is 11.5 Å². The fourth-order valence-corrected chi connectivity index (χ4v) is 4.82. The molecule has 5 nitrogen and oxygen atoms in total. The van der Waals surface area contributed by atoms with Crippen LogP contribution >= 0.6 is 28.1 Å². The second-order valence-corrected chi connectivity index (χ2v) is 9.94. The number of fused-ring (bicyclic) bond motifs is 2. The van der Waals surface area contributed by atoms with Gasteiger partial charge < -0.3 is 9.73 Å². The van der Waals surface area contributed by atoms with Crippen LogP contribution in [0.15, 0.2) is 87.8 Å². The molecule has 0 radical (unpaired) electrons. The van der Waals surface area contributed by atoms with Crippen molar-refractivity contribution in [1.29, 1.82) is 0 Å². The summed E-state index contributed by atoms with van der Waals surface area (Å²) in [4.78, 5) is 17.6. The Morgan fingerprint density at radius 1 is 1.03 bits per heavy atom. The third-order valence-corrected chi connectivity index (χ3v) is 7.22. The SMILES string of the molecule is CC[C@H](C)c1ccc2oc(-c3ccc(NC(=S)NC(=O)c4cccc5c(Br)cccc45)cc3)nc2c1. The zero-order chi connectivity index (χ0) is 25.2. The van der Waals surface area contributed by atoms with Crippen LogP contribution < -0.4 is 10.6 Å². The van der Waals surface area contributed by atoms with Crippen LogP contribution in [0, 0.1) is 0 Å². The van der Waals surface area contributed by atoms with E-state index < -0.39 is 0 Å². The second-order valence-electron chi connectivity index (χ2n) is 8.68. The summed E-state index contributed by atoms with van der Waals surface area (Å²) in [6.45, 7) is 4.39. The number of carbonyl (C=O) groups excluding carboxylic acids is 1. The number of halogens is 1. The maximum absolute atomic E-state index is 12.9. The Morgan fingerprint density at radius 2 is 1.78 bits per heavy atom. The van der Waals surface area contributed by atoms with Gasteiger partial charge in [-0.25, -0.2) is 4.98 Å². The Kier molecular flexibility index (Phi) is 6.85. The largest absolute Gasteiger partial charge is 0.436 e. The number of nitrogens with one attached hydrogen (secondary N) is 2. The summed E-state index contributed by atoms with van der Waals surface area (Å²) in [5, 5.41) is 7.89. The molecule has 0 aliphatic heterocycles. The molecule has 1 atom stereocenters.